The fourth-order valence-electron chi connectivity index (χ4n) is 1.06. The van der Waals surface area contributed by atoms with Gasteiger partial charge in [0, 0.05) is 0 Å². The van der Waals surface area contributed by atoms with Crippen LogP contribution in [0.3, 0.4) is 0 Å². The van der Waals surface area contributed by atoms with E-state index in [0.29, 0.717) is 10.8 Å². The first-order valence-corrected chi connectivity index (χ1v) is 5.31. The lowest BCUT2D eigenvalue weighted by molar-refractivity contribution is 0.0442. The number of hydrogen-bond acceptors (Lipinski definition) is 7. The Bertz CT molecular complexity index is 473. The predicted octanol–water partition coefficient (Wildman–Crippen LogP) is 1.50. The van der Waals surface area contributed by atoms with Gasteiger partial charge < -0.3 is 9.15 Å². The maximum atomic E-state index is 11.4. The molecule has 0 fully saturated rings. The topological polar surface area (TPSA) is 78.1 Å². The smallest absolute Gasteiger partial charge is 0.352 e. The number of ether oxygens (including phenoxy) is 1. The van der Waals surface area contributed by atoms with Crippen LogP contribution < -0.4 is 0 Å². The molecule has 0 amide bonds. The summed E-state index contributed by atoms with van der Waals surface area (Å²) in [4.78, 5) is 15.9. The van der Waals surface area contributed by atoms with Crippen molar-refractivity contribution in [2.75, 3.05) is 0 Å². The minimum absolute atomic E-state index is 0.0193. The van der Waals surface area contributed by atoms with Crippen LogP contribution in [-0.2, 0) is 11.3 Å². The average molecular weight is 239 g/mol. The molecule has 0 N–H and O–H groups in total. The predicted molar refractivity (Wildman–Crippen MR) is 55.0 cm³/mol. The normalized spacial score (nSPS) is 10.4. The Kier molecular flexibility index (Phi) is 2.95. The Labute approximate surface area is 95.4 Å². The number of hydrogen-bond donors (Lipinski definition) is 0. The first-order valence-electron chi connectivity index (χ1n) is 4.54. The Hall–Kier alpha value is -1.76. The molecule has 0 bridgehead atoms. The zero-order chi connectivity index (χ0) is 11.5. The largest absolute Gasteiger partial charge is 0.451 e. The zero-order valence-electron chi connectivity index (χ0n) is 8.76. The SMILES string of the molecule is Cc1nc(COC(=O)c2cnns2)oc1C. The van der Waals surface area contributed by atoms with Gasteiger partial charge in [0.25, 0.3) is 0 Å². The molecule has 0 aliphatic carbocycles. The van der Waals surface area contributed by atoms with Gasteiger partial charge in [-0.1, -0.05) is 4.49 Å². The quantitative estimate of drug-likeness (QED) is 0.755. The fraction of sp³-hybridized carbons (Fsp3) is 0.333. The monoisotopic (exact) mass is 239 g/mol. The molecule has 16 heavy (non-hydrogen) atoms. The molecular weight excluding hydrogens is 230 g/mol. The molecule has 0 unspecified atom stereocenters. The van der Waals surface area contributed by atoms with Gasteiger partial charge in [0.2, 0.25) is 5.89 Å². The van der Waals surface area contributed by atoms with Crippen molar-refractivity contribution in [1.29, 1.82) is 0 Å². The van der Waals surface area contributed by atoms with E-state index >= 15 is 0 Å². The molecule has 2 aromatic heterocycles. The van der Waals surface area contributed by atoms with Crippen molar-refractivity contribution >= 4 is 17.5 Å². The summed E-state index contributed by atoms with van der Waals surface area (Å²) in [5.74, 6) is 0.648. The average Bonchev–Trinajstić information content (AvgIpc) is 2.86. The molecule has 84 valence electrons. The molecule has 2 rings (SSSR count). The standard InChI is InChI=1S/C9H9N3O3S/c1-5-6(2)15-8(11-5)4-14-9(13)7-3-10-12-16-7/h3H,4H2,1-2H3. The van der Waals surface area contributed by atoms with Crippen LogP contribution in [0.1, 0.15) is 27.0 Å². The molecule has 2 aromatic rings. The van der Waals surface area contributed by atoms with E-state index in [-0.39, 0.29) is 6.61 Å². The highest BCUT2D eigenvalue weighted by Gasteiger charge is 2.12. The number of oxazole rings is 1. The summed E-state index contributed by atoms with van der Waals surface area (Å²) < 4.78 is 13.8. The van der Waals surface area contributed by atoms with Crippen molar-refractivity contribution in [3.63, 3.8) is 0 Å². The molecule has 0 aromatic carbocycles. The van der Waals surface area contributed by atoms with Crippen LogP contribution in [0.15, 0.2) is 10.6 Å². The Morgan fingerprint density at radius 1 is 1.56 bits per heavy atom. The van der Waals surface area contributed by atoms with E-state index in [4.69, 9.17) is 9.15 Å². The van der Waals surface area contributed by atoms with Crippen LogP contribution in [0.5, 0.6) is 0 Å². The van der Waals surface area contributed by atoms with Crippen molar-refractivity contribution < 1.29 is 13.9 Å². The number of carbonyl (C=O) groups excluding carboxylic acids is 1. The van der Waals surface area contributed by atoms with Crippen molar-refractivity contribution in [1.82, 2.24) is 14.6 Å². The van der Waals surface area contributed by atoms with Crippen LogP contribution in [-0.4, -0.2) is 20.5 Å². The second-order valence-corrected chi connectivity index (χ2v) is 3.89. The molecule has 7 heteroatoms. The summed E-state index contributed by atoms with van der Waals surface area (Å²) in [6.45, 7) is 3.66. The summed E-state index contributed by atoms with van der Waals surface area (Å²) in [6, 6.07) is 0. The summed E-state index contributed by atoms with van der Waals surface area (Å²) in [7, 11) is 0. The summed E-state index contributed by atoms with van der Waals surface area (Å²) in [5, 5.41) is 3.55. The van der Waals surface area contributed by atoms with Crippen LogP contribution in [0, 0.1) is 13.8 Å². The highest BCUT2D eigenvalue weighted by atomic mass is 32.1. The van der Waals surface area contributed by atoms with Gasteiger partial charge >= 0.3 is 5.97 Å². The minimum atomic E-state index is -0.469. The lowest BCUT2D eigenvalue weighted by Gasteiger charge is -1.97. The third-order valence-corrected chi connectivity index (χ3v) is 2.61. The lowest BCUT2D eigenvalue weighted by Crippen LogP contribution is -2.03. The number of nitrogens with zero attached hydrogens (tertiary/aromatic N) is 3. The highest BCUT2D eigenvalue weighted by molar-refractivity contribution is 7.07. The van der Waals surface area contributed by atoms with Gasteiger partial charge in [-0.05, 0) is 25.4 Å². The van der Waals surface area contributed by atoms with Gasteiger partial charge in [-0.15, -0.1) is 5.10 Å². The Morgan fingerprint density at radius 3 is 2.94 bits per heavy atom. The van der Waals surface area contributed by atoms with Crippen molar-refractivity contribution in [2.45, 2.75) is 20.5 Å². The molecule has 0 saturated heterocycles. The third kappa shape index (κ3) is 2.25. The number of aryl methyl sites for hydroxylation is 2. The maximum absolute atomic E-state index is 11.4. The molecule has 2 heterocycles. The number of rotatable bonds is 3. The molecule has 0 radical (unpaired) electrons. The second-order valence-electron chi connectivity index (χ2n) is 3.11. The Morgan fingerprint density at radius 2 is 2.38 bits per heavy atom. The van der Waals surface area contributed by atoms with Gasteiger partial charge in [-0.25, -0.2) is 9.78 Å². The number of carbonyl (C=O) groups is 1. The lowest BCUT2D eigenvalue weighted by atomic mass is 10.4. The van der Waals surface area contributed by atoms with Crippen molar-refractivity contribution in [2.24, 2.45) is 0 Å². The molecular formula is C9H9N3O3S. The van der Waals surface area contributed by atoms with E-state index in [9.17, 15) is 4.79 Å². The van der Waals surface area contributed by atoms with E-state index in [0.717, 1.165) is 23.0 Å². The summed E-state index contributed by atoms with van der Waals surface area (Å²) in [5.41, 5.74) is 0.797. The molecule has 0 aliphatic rings. The van der Waals surface area contributed by atoms with Crippen LogP contribution in [0.2, 0.25) is 0 Å². The first-order chi connectivity index (χ1) is 7.66. The molecule has 6 nitrogen and oxygen atoms in total. The van der Waals surface area contributed by atoms with Crippen LogP contribution in [0.25, 0.3) is 0 Å². The van der Waals surface area contributed by atoms with Crippen molar-refractivity contribution in [3.8, 4) is 0 Å². The van der Waals surface area contributed by atoms with Crippen LogP contribution >= 0.6 is 11.5 Å². The van der Waals surface area contributed by atoms with E-state index in [2.05, 4.69) is 14.6 Å². The molecule has 0 aliphatic heterocycles. The van der Waals surface area contributed by atoms with Gasteiger partial charge in [-0.3, -0.25) is 0 Å². The number of esters is 1. The van der Waals surface area contributed by atoms with Gasteiger partial charge in [0.05, 0.1) is 11.9 Å². The number of aromatic nitrogens is 3. The fourth-order valence-corrected chi connectivity index (χ4v) is 1.47. The molecule has 0 atom stereocenters. The van der Waals surface area contributed by atoms with Gasteiger partial charge in [0.1, 0.15) is 5.76 Å². The zero-order valence-corrected chi connectivity index (χ0v) is 9.58. The van der Waals surface area contributed by atoms with Crippen LogP contribution in [0.4, 0.5) is 0 Å². The minimum Gasteiger partial charge on any atom is -0.451 e. The van der Waals surface area contributed by atoms with E-state index in [1.54, 1.807) is 6.92 Å². The molecule has 0 spiro atoms. The van der Waals surface area contributed by atoms with E-state index in [1.807, 2.05) is 6.92 Å². The highest BCUT2D eigenvalue weighted by Crippen LogP contribution is 2.11. The summed E-state index contributed by atoms with van der Waals surface area (Å²) >= 11 is 0.988. The van der Waals surface area contributed by atoms with Crippen molar-refractivity contribution in [3.05, 3.63) is 28.4 Å². The Balaban J connectivity index is 1.95. The second kappa shape index (κ2) is 4.40. The summed E-state index contributed by atoms with van der Waals surface area (Å²) in [6.07, 6.45) is 1.36. The third-order valence-electron chi connectivity index (χ3n) is 1.96. The first kappa shape index (κ1) is 10.7. The molecule has 0 saturated carbocycles. The van der Waals surface area contributed by atoms with E-state index in [1.165, 1.54) is 6.20 Å². The van der Waals surface area contributed by atoms with Gasteiger partial charge in [-0.2, -0.15) is 0 Å². The maximum Gasteiger partial charge on any atom is 0.352 e. The van der Waals surface area contributed by atoms with Gasteiger partial charge in [0.15, 0.2) is 11.5 Å². The van der Waals surface area contributed by atoms with E-state index < -0.39 is 5.97 Å².